The molecule has 5 heteroatoms. The zero-order valence-corrected chi connectivity index (χ0v) is 14.3. The summed E-state index contributed by atoms with van der Waals surface area (Å²) in [5, 5.41) is 3.07. The van der Waals surface area contributed by atoms with Crippen molar-refractivity contribution in [1.29, 1.82) is 0 Å². The van der Waals surface area contributed by atoms with Crippen molar-refractivity contribution in [3.63, 3.8) is 0 Å². The lowest BCUT2D eigenvalue weighted by Crippen LogP contribution is -2.37. The molecule has 1 fully saturated rings. The number of ether oxygens (including phenoxy) is 1. The molecule has 1 amide bonds. The second-order valence-electron chi connectivity index (χ2n) is 6.32. The maximum atomic E-state index is 12.0. The number of para-hydroxylation sites is 1. The number of carbonyl (C=O) groups is 1. The van der Waals surface area contributed by atoms with Gasteiger partial charge in [0.2, 0.25) is 5.91 Å². The number of benzene rings is 1. The normalized spacial score (nSPS) is 17.7. The van der Waals surface area contributed by atoms with Gasteiger partial charge in [0.1, 0.15) is 5.75 Å². The van der Waals surface area contributed by atoms with Crippen LogP contribution in [0, 0.1) is 0 Å². The van der Waals surface area contributed by atoms with E-state index in [9.17, 15) is 4.79 Å². The van der Waals surface area contributed by atoms with Crippen molar-refractivity contribution >= 4 is 5.91 Å². The van der Waals surface area contributed by atoms with E-state index >= 15 is 0 Å². The lowest BCUT2D eigenvalue weighted by Gasteiger charge is -2.29. The molecule has 0 bridgehead atoms. The third kappa shape index (κ3) is 5.22. The Balaban J connectivity index is 2.04. The Bertz CT molecular complexity index is 499. The number of hydrogen-bond donors (Lipinski definition) is 2. The van der Waals surface area contributed by atoms with E-state index in [4.69, 9.17) is 10.5 Å². The molecule has 5 nitrogen and oxygen atoms in total. The van der Waals surface area contributed by atoms with Gasteiger partial charge in [-0.3, -0.25) is 9.69 Å². The third-order valence-corrected chi connectivity index (χ3v) is 4.40. The van der Waals surface area contributed by atoms with Gasteiger partial charge in [0.05, 0.1) is 13.2 Å². The van der Waals surface area contributed by atoms with Gasteiger partial charge in [0.25, 0.3) is 0 Å². The monoisotopic (exact) mass is 319 g/mol. The van der Waals surface area contributed by atoms with E-state index in [1.807, 2.05) is 25.1 Å². The van der Waals surface area contributed by atoms with Crippen LogP contribution in [0.1, 0.15) is 44.2 Å². The van der Waals surface area contributed by atoms with Gasteiger partial charge in [-0.15, -0.1) is 0 Å². The van der Waals surface area contributed by atoms with Gasteiger partial charge in [-0.2, -0.15) is 0 Å². The van der Waals surface area contributed by atoms with E-state index in [1.165, 1.54) is 12.8 Å². The van der Waals surface area contributed by atoms with Crippen LogP contribution in [0.5, 0.6) is 5.75 Å². The minimum atomic E-state index is 0.0596. The Hall–Kier alpha value is -1.59. The summed E-state index contributed by atoms with van der Waals surface area (Å²) in [5.41, 5.74) is 6.86. The molecule has 1 aromatic rings. The largest absolute Gasteiger partial charge is 0.496 e. The number of nitrogens with two attached hydrogens (primary N) is 1. The number of likely N-dealkylation sites (tertiary alicyclic amines) is 1. The number of hydrogen-bond acceptors (Lipinski definition) is 4. The lowest BCUT2D eigenvalue weighted by atomic mass is 10.0. The van der Waals surface area contributed by atoms with Gasteiger partial charge in [-0.25, -0.2) is 0 Å². The number of amides is 1. The first-order valence-electron chi connectivity index (χ1n) is 8.51. The molecule has 2 rings (SSSR count). The fraction of sp³-hybridized carbons (Fsp3) is 0.611. The van der Waals surface area contributed by atoms with Gasteiger partial charge in [0, 0.05) is 24.6 Å². The fourth-order valence-corrected chi connectivity index (χ4v) is 3.09. The smallest absolute Gasteiger partial charge is 0.220 e. The highest BCUT2D eigenvalue weighted by Crippen LogP contribution is 2.31. The maximum absolute atomic E-state index is 12.0. The summed E-state index contributed by atoms with van der Waals surface area (Å²) in [6.07, 6.45) is 3.62. The lowest BCUT2D eigenvalue weighted by molar-refractivity contribution is -0.121. The van der Waals surface area contributed by atoms with Crippen LogP contribution >= 0.6 is 0 Å². The number of nitrogens with zero attached hydrogens (tertiary/aromatic N) is 1. The summed E-state index contributed by atoms with van der Waals surface area (Å²) in [5.74, 6) is 0.954. The van der Waals surface area contributed by atoms with Crippen LogP contribution in [0.4, 0.5) is 0 Å². The van der Waals surface area contributed by atoms with Crippen molar-refractivity contribution in [3.8, 4) is 5.75 Å². The molecular formula is C18H29N3O2. The zero-order valence-electron chi connectivity index (χ0n) is 14.3. The molecule has 0 saturated carbocycles. The molecule has 23 heavy (non-hydrogen) atoms. The molecular weight excluding hydrogens is 290 g/mol. The van der Waals surface area contributed by atoms with E-state index in [0.717, 1.165) is 30.8 Å². The Morgan fingerprint density at radius 3 is 2.70 bits per heavy atom. The molecule has 2 unspecified atom stereocenters. The van der Waals surface area contributed by atoms with Crippen molar-refractivity contribution in [1.82, 2.24) is 10.2 Å². The van der Waals surface area contributed by atoms with Crippen LogP contribution in [0.25, 0.3) is 0 Å². The van der Waals surface area contributed by atoms with Gasteiger partial charge in [0.15, 0.2) is 0 Å². The average molecular weight is 319 g/mol. The summed E-state index contributed by atoms with van der Waals surface area (Å²) in [7, 11) is 1.70. The molecule has 0 radical (unpaired) electrons. The highest BCUT2D eigenvalue weighted by atomic mass is 16.5. The summed E-state index contributed by atoms with van der Waals surface area (Å²) in [6.45, 7) is 4.67. The SMILES string of the molecule is COc1ccccc1C(CNC(=O)CCC(C)N)N1CCCC1. The summed E-state index contributed by atoms with van der Waals surface area (Å²) >= 11 is 0. The Labute approximate surface area is 139 Å². The highest BCUT2D eigenvalue weighted by Gasteiger charge is 2.26. The predicted octanol–water partition coefficient (Wildman–Crippen LogP) is 2.08. The van der Waals surface area contributed by atoms with Gasteiger partial charge in [-0.05, 0) is 45.3 Å². The van der Waals surface area contributed by atoms with E-state index in [-0.39, 0.29) is 18.0 Å². The van der Waals surface area contributed by atoms with Crippen molar-refractivity contribution < 1.29 is 9.53 Å². The number of nitrogens with one attached hydrogen (secondary N) is 1. The quantitative estimate of drug-likeness (QED) is 0.770. The van der Waals surface area contributed by atoms with Gasteiger partial charge < -0.3 is 15.8 Å². The average Bonchev–Trinajstić information content (AvgIpc) is 3.08. The Morgan fingerprint density at radius 2 is 2.04 bits per heavy atom. The minimum Gasteiger partial charge on any atom is -0.496 e. The summed E-state index contributed by atoms with van der Waals surface area (Å²) in [4.78, 5) is 14.5. The molecule has 1 aromatic carbocycles. The van der Waals surface area contributed by atoms with Crippen LogP contribution in [-0.2, 0) is 4.79 Å². The van der Waals surface area contributed by atoms with Gasteiger partial charge >= 0.3 is 0 Å². The molecule has 0 aliphatic carbocycles. The maximum Gasteiger partial charge on any atom is 0.220 e. The molecule has 0 spiro atoms. The van der Waals surface area contributed by atoms with E-state index < -0.39 is 0 Å². The Morgan fingerprint density at radius 1 is 1.35 bits per heavy atom. The first-order chi connectivity index (χ1) is 11.1. The molecule has 3 N–H and O–H groups in total. The number of methoxy groups -OCH3 is 1. The van der Waals surface area contributed by atoms with Crippen LogP contribution in [-0.4, -0.2) is 43.6 Å². The Kier molecular flexibility index (Phi) is 6.86. The molecule has 2 atom stereocenters. The van der Waals surface area contributed by atoms with E-state index in [2.05, 4.69) is 16.3 Å². The molecule has 1 saturated heterocycles. The molecule has 1 aliphatic rings. The zero-order chi connectivity index (χ0) is 16.7. The predicted molar refractivity (Wildman–Crippen MR) is 92.4 cm³/mol. The van der Waals surface area contributed by atoms with Gasteiger partial charge in [-0.1, -0.05) is 18.2 Å². The fourth-order valence-electron chi connectivity index (χ4n) is 3.09. The summed E-state index contributed by atoms with van der Waals surface area (Å²) in [6, 6.07) is 8.30. The van der Waals surface area contributed by atoms with Crippen molar-refractivity contribution in [2.24, 2.45) is 5.73 Å². The number of rotatable bonds is 8. The molecule has 1 heterocycles. The molecule has 0 aromatic heterocycles. The minimum absolute atomic E-state index is 0.0596. The van der Waals surface area contributed by atoms with Crippen molar-refractivity contribution in [3.05, 3.63) is 29.8 Å². The molecule has 1 aliphatic heterocycles. The van der Waals surface area contributed by atoms with E-state index in [1.54, 1.807) is 7.11 Å². The van der Waals surface area contributed by atoms with Crippen LogP contribution in [0.15, 0.2) is 24.3 Å². The first-order valence-corrected chi connectivity index (χ1v) is 8.51. The highest BCUT2D eigenvalue weighted by molar-refractivity contribution is 5.75. The summed E-state index contributed by atoms with van der Waals surface area (Å²) < 4.78 is 5.52. The first kappa shape index (κ1) is 17.8. The number of carbonyl (C=O) groups excluding carboxylic acids is 1. The third-order valence-electron chi connectivity index (χ3n) is 4.40. The standard InChI is InChI=1S/C18H29N3O2/c1-14(19)9-10-18(22)20-13-16(21-11-5-6-12-21)15-7-3-4-8-17(15)23-2/h3-4,7-8,14,16H,5-6,9-13,19H2,1-2H3,(H,20,22). The van der Waals surface area contributed by atoms with Crippen LogP contribution < -0.4 is 15.8 Å². The van der Waals surface area contributed by atoms with Crippen molar-refractivity contribution in [2.45, 2.75) is 44.7 Å². The molecule has 128 valence electrons. The van der Waals surface area contributed by atoms with E-state index in [0.29, 0.717) is 13.0 Å². The topological polar surface area (TPSA) is 67.6 Å². The second-order valence-corrected chi connectivity index (χ2v) is 6.32. The van der Waals surface area contributed by atoms with Crippen LogP contribution in [0.2, 0.25) is 0 Å². The van der Waals surface area contributed by atoms with Crippen molar-refractivity contribution in [2.75, 3.05) is 26.7 Å². The van der Waals surface area contributed by atoms with Crippen LogP contribution in [0.3, 0.4) is 0 Å². The second kappa shape index (κ2) is 8.89.